The summed E-state index contributed by atoms with van der Waals surface area (Å²) < 4.78 is 4.62. The largest absolute Gasteiger partial charge is 0.468 e. The predicted octanol–water partition coefficient (Wildman–Crippen LogP) is 1.03. The zero-order chi connectivity index (χ0) is 8.97. The zero-order valence-corrected chi connectivity index (χ0v) is 7.88. The van der Waals surface area contributed by atoms with Crippen LogP contribution in [0, 0.1) is 0 Å². The summed E-state index contributed by atoms with van der Waals surface area (Å²) in [5, 5.41) is 0. The standard InChI is InChI=1S/C9H17NO2/c1-8-5-3-4-6-10(8)7-9(11)12-2/h8H,3-7H2,1-2H3/t8-/m1/s1. The summed E-state index contributed by atoms with van der Waals surface area (Å²) in [5.41, 5.74) is 0. The molecule has 0 aromatic heterocycles. The maximum Gasteiger partial charge on any atom is 0.319 e. The number of ether oxygens (including phenoxy) is 1. The molecule has 3 nitrogen and oxygen atoms in total. The molecule has 3 heteroatoms. The van der Waals surface area contributed by atoms with E-state index in [1.807, 2.05) is 0 Å². The summed E-state index contributed by atoms with van der Waals surface area (Å²) in [7, 11) is 1.44. The van der Waals surface area contributed by atoms with E-state index in [0.717, 1.165) is 6.54 Å². The van der Waals surface area contributed by atoms with Gasteiger partial charge in [0, 0.05) is 6.04 Å². The fourth-order valence-corrected chi connectivity index (χ4v) is 1.62. The van der Waals surface area contributed by atoms with Crippen molar-refractivity contribution in [2.45, 2.75) is 32.2 Å². The lowest BCUT2D eigenvalue weighted by atomic mass is 10.0. The van der Waals surface area contributed by atoms with E-state index in [4.69, 9.17) is 0 Å². The van der Waals surface area contributed by atoms with Crippen molar-refractivity contribution in [1.82, 2.24) is 4.90 Å². The molecule has 70 valence electrons. The second-order valence-electron chi connectivity index (χ2n) is 3.39. The van der Waals surface area contributed by atoms with Crippen LogP contribution in [0.25, 0.3) is 0 Å². The van der Waals surface area contributed by atoms with Gasteiger partial charge in [-0.25, -0.2) is 0 Å². The molecular formula is C9H17NO2. The van der Waals surface area contributed by atoms with Crippen LogP contribution >= 0.6 is 0 Å². The quantitative estimate of drug-likeness (QED) is 0.581. The molecule has 0 unspecified atom stereocenters. The minimum Gasteiger partial charge on any atom is -0.468 e. The highest BCUT2D eigenvalue weighted by molar-refractivity contribution is 5.71. The first kappa shape index (κ1) is 9.52. The van der Waals surface area contributed by atoms with Crippen molar-refractivity contribution in [1.29, 1.82) is 0 Å². The predicted molar refractivity (Wildman–Crippen MR) is 46.9 cm³/mol. The Hall–Kier alpha value is -0.570. The number of piperidine rings is 1. The third-order valence-corrected chi connectivity index (χ3v) is 2.50. The Labute approximate surface area is 73.7 Å². The van der Waals surface area contributed by atoms with Gasteiger partial charge in [0.2, 0.25) is 0 Å². The topological polar surface area (TPSA) is 29.5 Å². The van der Waals surface area contributed by atoms with Crippen molar-refractivity contribution in [3.8, 4) is 0 Å². The van der Waals surface area contributed by atoms with Crippen LogP contribution < -0.4 is 0 Å². The SMILES string of the molecule is COC(=O)CN1CCCC[C@H]1C. The number of rotatable bonds is 2. The number of hydrogen-bond donors (Lipinski definition) is 0. The summed E-state index contributed by atoms with van der Waals surface area (Å²) in [6.07, 6.45) is 3.71. The van der Waals surface area contributed by atoms with Crippen LogP contribution in [0.2, 0.25) is 0 Å². The normalized spacial score (nSPS) is 25.3. The van der Waals surface area contributed by atoms with Crippen LogP contribution in [0.4, 0.5) is 0 Å². The molecule has 1 heterocycles. The van der Waals surface area contributed by atoms with Gasteiger partial charge in [-0.05, 0) is 26.3 Å². The Bertz CT molecular complexity index is 159. The lowest BCUT2D eigenvalue weighted by Crippen LogP contribution is -2.41. The molecule has 1 aliphatic rings. The minimum atomic E-state index is -0.122. The third kappa shape index (κ3) is 2.48. The molecule has 1 saturated heterocycles. The summed E-state index contributed by atoms with van der Waals surface area (Å²) in [6, 6.07) is 0.540. The average molecular weight is 171 g/mol. The lowest BCUT2D eigenvalue weighted by Gasteiger charge is -2.32. The molecule has 1 fully saturated rings. The van der Waals surface area contributed by atoms with Crippen LogP contribution in [0.5, 0.6) is 0 Å². The zero-order valence-electron chi connectivity index (χ0n) is 7.88. The second-order valence-corrected chi connectivity index (χ2v) is 3.39. The van der Waals surface area contributed by atoms with Gasteiger partial charge in [0.05, 0.1) is 13.7 Å². The molecule has 0 aliphatic carbocycles. The van der Waals surface area contributed by atoms with Crippen LogP contribution in [0.3, 0.4) is 0 Å². The van der Waals surface area contributed by atoms with Gasteiger partial charge in [0.1, 0.15) is 0 Å². The summed E-state index contributed by atoms with van der Waals surface area (Å²) in [4.78, 5) is 13.2. The van der Waals surface area contributed by atoms with Crippen LogP contribution in [-0.4, -0.2) is 37.1 Å². The van der Waals surface area contributed by atoms with Crippen molar-refractivity contribution < 1.29 is 9.53 Å². The smallest absolute Gasteiger partial charge is 0.319 e. The number of carbonyl (C=O) groups excluding carboxylic acids is 1. The number of carbonyl (C=O) groups is 1. The Balaban J connectivity index is 2.33. The first-order chi connectivity index (χ1) is 5.74. The summed E-state index contributed by atoms with van der Waals surface area (Å²) >= 11 is 0. The van der Waals surface area contributed by atoms with Crippen LogP contribution in [-0.2, 0) is 9.53 Å². The Morgan fingerprint density at radius 3 is 2.92 bits per heavy atom. The highest BCUT2D eigenvalue weighted by Gasteiger charge is 2.20. The molecule has 1 aliphatic heterocycles. The third-order valence-electron chi connectivity index (χ3n) is 2.50. The Kier molecular flexibility index (Phi) is 3.53. The molecule has 0 N–H and O–H groups in total. The van der Waals surface area contributed by atoms with Gasteiger partial charge in [-0.1, -0.05) is 6.42 Å². The van der Waals surface area contributed by atoms with E-state index in [9.17, 15) is 4.79 Å². The van der Waals surface area contributed by atoms with Crippen LogP contribution in [0.15, 0.2) is 0 Å². The first-order valence-corrected chi connectivity index (χ1v) is 4.55. The molecule has 0 aromatic rings. The number of hydrogen-bond acceptors (Lipinski definition) is 3. The van der Waals surface area contributed by atoms with Gasteiger partial charge in [-0.15, -0.1) is 0 Å². The molecular weight excluding hydrogens is 154 g/mol. The molecule has 0 amide bonds. The highest BCUT2D eigenvalue weighted by Crippen LogP contribution is 2.15. The number of methoxy groups -OCH3 is 1. The number of likely N-dealkylation sites (tertiary alicyclic amines) is 1. The molecule has 0 saturated carbocycles. The van der Waals surface area contributed by atoms with E-state index < -0.39 is 0 Å². The molecule has 0 bridgehead atoms. The van der Waals surface area contributed by atoms with E-state index >= 15 is 0 Å². The van der Waals surface area contributed by atoms with E-state index in [1.165, 1.54) is 26.4 Å². The van der Waals surface area contributed by atoms with E-state index in [2.05, 4.69) is 16.6 Å². The fourth-order valence-electron chi connectivity index (χ4n) is 1.62. The Morgan fingerprint density at radius 1 is 1.58 bits per heavy atom. The molecule has 0 aromatic carbocycles. The monoisotopic (exact) mass is 171 g/mol. The molecule has 1 rings (SSSR count). The molecule has 1 atom stereocenters. The van der Waals surface area contributed by atoms with Crippen molar-refractivity contribution >= 4 is 5.97 Å². The highest BCUT2D eigenvalue weighted by atomic mass is 16.5. The Morgan fingerprint density at radius 2 is 2.33 bits per heavy atom. The second kappa shape index (κ2) is 4.45. The maximum absolute atomic E-state index is 11.0. The number of nitrogens with zero attached hydrogens (tertiary/aromatic N) is 1. The number of esters is 1. The van der Waals surface area contributed by atoms with Gasteiger partial charge in [0.15, 0.2) is 0 Å². The van der Waals surface area contributed by atoms with Gasteiger partial charge in [-0.3, -0.25) is 9.69 Å². The summed E-state index contributed by atoms with van der Waals surface area (Å²) in [6.45, 7) is 3.66. The minimum absolute atomic E-state index is 0.122. The lowest BCUT2D eigenvalue weighted by molar-refractivity contribution is -0.142. The van der Waals surface area contributed by atoms with Crippen molar-refractivity contribution in [2.75, 3.05) is 20.2 Å². The van der Waals surface area contributed by atoms with Crippen molar-refractivity contribution in [2.24, 2.45) is 0 Å². The van der Waals surface area contributed by atoms with E-state index in [-0.39, 0.29) is 5.97 Å². The van der Waals surface area contributed by atoms with Crippen molar-refractivity contribution in [3.63, 3.8) is 0 Å². The summed E-state index contributed by atoms with van der Waals surface area (Å²) in [5.74, 6) is -0.122. The maximum atomic E-state index is 11.0. The van der Waals surface area contributed by atoms with Crippen LogP contribution in [0.1, 0.15) is 26.2 Å². The van der Waals surface area contributed by atoms with Gasteiger partial charge in [0.25, 0.3) is 0 Å². The average Bonchev–Trinajstić information content (AvgIpc) is 2.09. The van der Waals surface area contributed by atoms with Gasteiger partial charge < -0.3 is 4.74 Å². The molecule has 0 spiro atoms. The molecule has 12 heavy (non-hydrogen) atoms. The molecule has 0 radical (unpaired) electrons. The van der Waals surface area contributed by atoms with Crippen molar-refractivity contribution in [3.05, 3.63) is 0 Å². The fraction of sp³-hybridized carbons (Fsp3) is 0.889. The van der Waals surface area contributed by atoms with E-state index in [1.54, 1.807) is 0 Å². The van der Waals surface area contributed by atoms with E-state index in [0.29, 0.717) is 12.6 Å². The van der Waals surface area contributed by atoms with Gasteiger partial charge in [-0.2, -0.15) is 0 Å². The first-order valence-electron chi connectivity index (χ1n) is 4.55. The van der Waals surface area contributed by atoms with Gasteiger partial charge >= 0.3 is 5.97 Å².